The number of hydrogen-bond acceptors (Lipinski definition) is 5. The maximum Gasteiger partial charge on any atom is 0.319 e. The molecule has 0 amide bonds. The summed E-state index contributed by atoms with van der Waals surface area (Å²) in [6.45, 7) is 8.71. The van der Waals surface area contributed by atoms with E-state index < -0.39 is 0 Å². The molecule has 0 bridgehead atoms. The van der Waals surface area contributed by atoms with Gasteiger partial charge in [-0.25, -0.2) is 4.98 Å². The van der Waals surface area contributed by atoms with Crippen molar-refractivity contribution in [2.75, 3.05) is 5.32 Å². The average molecular weight is 291 g/mol. The third-order valence-corrected chi connectivity index (χ3v) is 5.77. The monoisotopic (exact) mass is 291 g/mol. The summed E-state index contributed by atoms with van der Waals surface area (Å²) in [6, 6.07) is 3.91. The highest BCUT2D eigenvalue weighted by atomic mass is 32.1. The number of anilines is 1. The maximum atomic E-state index is 11.4. The van der Waals surface area contributed by atoms with Crippen molar-refractivity contribution in [3.63, 3.8) is 0 Å². The van der Waals surface area contributed by atoms with Gasteiger partial charge >= 0.3 is 5.69 Å². The Morgan fingerprint density at radius 3 is 2.50 bits per heavy atom. The van der Waals surface area contributed by atoms with Gasteiger partial charge in [0.2, 0.25) is 0 Å². The number of hydrogen-bond donors (Lipinski definition) is 1. The Bertz CT molecular complexity index is 692. The van der Waals surface area contributed by atoms with Crippen LogP contribution in [0.2, 0.25) is 0 Å². The van der Waals surface area contributed by atoms with Crippen molar-refractivity contribution in [2.45, 2.75) is 33.7 Å². The fraction of sp³-hybridized carbons (Fsp3) is 0.500. The smallest absolute Gasteiger partial charge is 0.319 e. The highest BCUT2D eigenvalue weighted by Gasteiger charge is 2.65. The molecule has 2 aromatic rings. The molecule has 0 aliphatic heterocycles. The minimum Gasteiger partial charge on any atom is -0.376 e. The topological polar surface area (TPSA) is 68.1 Å². The van der Waals surface area contributed by atoms with Gasteiger partial charge in [-0.2, -0.15) is 0 Å². The molecule has 1 aromatic heterocycles. The van der Waals surface area contributed by atoms with E-state index in [1.54, 1.807) is 11.6 Å². The zero-order valence-electron chi connectivity index (χ0n) is 11.9. The average Bonchev–Trinajstić information content (AvgIpc) is 2.74. The number of nitro groups is 1. The molecule has 0 radical (unpaired) electrons. The van der Waals surface area contributed by atoms with Crippen LogP contribution in [0.25, 0.3) is 10.2 Å². The number of nitrogens with one attached hydrogen (secondary N) is 1. The molecule has 0 saturated heterocycles. The first kappa shape index (κ1) is 13.3. The molecule has 3 rings (SSSR count). The Labute approximate surface area is 121 Å². The van der Waals surface area contributed by atoms with E-state index in [0.717, 1.165) is 4.70 Å². The molecule has 1 saturated carbocycles. The van der Waals surface area contributed by atoms with Crippen molar-refractivity contribution >= 4 is 32.9 Å². The number of nitro benzene ring substituents is 1. The molecule has 0 unspecified atom stereocenters. The van der Waals surface area contributed by atoms with Crippen LogP contribution < -0.4 is 5.32 Å². The van der Waals surface area contributed by atoms with Gasteiger partial charge in [-0.15, -0.1) is 11.3 Å². The van der Waals surface area contributed by atoms with E-state index in [-0.39, 0.29) is 27.5 Å². The largest absolute Gasteiger partial charge is 0.376 e. The lowest BCUT2D eigenvalue weighted by Gasteiger charge is -2.09. The van der Waals surface area contributed by atoms with Crippen molar-refractivity contribution in [1.82, 2.24) is 4.98 Å². The fourth-order valence-electron chi connectivity index (χ4n) is 2.93. The molecule has 6 heteroatoms. The van der Waals surface area contributed by atoms with Crippen LogP contribution >= 0.6 is 11.3 Å². The van der Waals surface area contributed by atoms with Crippen LogP contribution in [0, 0.1) is 20.9 Å². The zero-order chi connectivity index (χ0) is 14.7. The van der Waals surface area contributed by atoms with E-state index in [1.165, 1.54) is 11.3 Å². The summed E-state index contributed by atoms with van der Waals surface area (Å²) in [4.78, 5) is 15.2. The molecule has 20 heavy (non-hydrogen) atoms. The summed E-state index contributed by atoms with van der Waals surface area (Å²) in [7, 11) is 0. The molecule has 5 nitrogen and oxygen atoms in total. The van der Waals surface area contributed by atoms with Gasteiger partial charge in [0.1, 0.15) is 5.69 Å². The van der Waals surface area contributed by atoms with Crippen LogP contribution in [0.4, 0.5) is 11.4 Å². The number of benzene rings is 1. The van der Waals surface area contributed by atoms with E-state index in [4.69, 9.17) is 0 Å². The van der Waals surface area contributed by atoms with Gasteiger partial charge in [0, 0.05) is 6.04 Å². The lowest BCUT2D eigenvalue weighted by atomic mass is 10.0. The summed E-state index contributed by atoms with van der Waals surface area (Å²) in [5, 5.41) is 14.7. The first-order valence-electron chi connectivity index (χ1n) is 6.54. The number of rotatable bonds is 3. The van der Waals surface area contributed by atoms with Gasteiger partial charge < -0.3 is 5.32 Å². The van der Waals surface area contributed by atoms with Crippen LogP contribution in [0.15, 0.2) is 17.6 Å². The van der Waals surface area contributed by atoms with E-state index in [1.807, 2.05) is 6.07 Å². The highest BCUT2D eigenvalue weighted by molar-refractivity contribution is 7.16. The number of aromatic nitrogens is 1. The maximum absolute atomic E-state index is 11.4. The fourth-order valence-corrected chi connectivity index (χ4v) is 3.61. The Balaban J connectivity index is 2.05. The SMILES string of the molecule is CC1(C)C(Nc2ccc3scnc3c2[N+](=O)[O-])C1(C)C. The second-order valence-corrected chi connectivity index (χ2v) is 7.33. The predicted octanol–water partition coefficient (Wildman–Crippen LogP) is 4.05. The summed E-state index contributed by atoms with van der Waals surface area (Å²) in [6.07, 6.45) is 0. The molecular weight excluding hydrogens is 274 g/mol. The molecule has 0 spiro atoms. The van der Waals surface area contributed by atoms with Crippen LogP contribution in [-0.4, -0.2) is 15.9 Å². The normalized spacial score (nSPS) is 20.0. The van der Waals surface area contributed by atoms with Gasteiger partial charge in [0.05, 0.1) is 15.1 Å². The lowest BCUT2D eigenvalue weighted by molar-refractivity contribution is -0.382. The van der Waals surface area contributed by atoms with E-state index in [2.05, 4.69) is 38.0 Å². The van der Waals surface area contributed by atoms with Crippen LogP contribution in [-0.2, 0) is 0 Å². The number of thiazole rings is 1. The quantitative estimate of drug-likeness (QED) is 0.684. The Kier molecular flexibility index (Phi) is 2.60. The molecule has 1 aliphatic rings. The first-order chi connectivity index (χ1) is 9.26. The second kappa shape index (κ2) is 3.91. The lowest BCUT2D eigenvalue weighted by Crippen LogP contribution is -2.11. The van der Waals surface area contributed by atoms with Gasteiger partial charge in [-0.3, -0.25) is 10.1 Å². The molecule has 1 aromatic carbocycles. The minimum absolute atomic E-state index is 0.0854. The van der Waals surface area contributed by atoms with Crippen molar-refractivity contribution in [3.8, 4) is 0 Å². The molecule has 1 fully saturated rings. The zero-order valence-corrected chi connectivity index (χ0v) is 12.7. The molecule has 106 valence electrons. The third-order valence-electron chi connectivity index (χ3n) is 4.98. The molecule has 1 aliphatic carbocycles. The molecule has 1 heterocycles. The van der Waals surface area contributed by atoms with Crippen molar-refractivity contribution < 1.29 is 4.92 Å². The van der Waals surface area contributed by atoms with Crippen LogP contribution in [0.3, 0.4) is 0 Å². The number of fused-ring (bicyclic) bond motifs is 1. The second-order valence-electron chi connectivity index (χ2n) is 6.44. The molecular formula is C14H17N3O2S. The van der Waals surface area contributed by atoms with Gasteiger partial charge in [0.15, 0.2) is 5.52 Å². The van der Waals surface area contributed by atoms with Crippen molar-refractivity contribution in [1.29, 1.82) is 0 Å². The van der Waals surface area contributed by atoms with Crippen molar-refractivity contribution in [2.24, 2.45) is 10.8 Å². The highest BCUT2D eigenvalue weighted by Crippen LogP contribution is 2.64. The van der Waals surface area contributed by atoms with Gasteiger partial charge in [-0.1, -0.05) is 27.7 Å². The Hall–Kier alpha value is -1.69. The Morgan fingerprint density at radius 1 is 1.30 bits per heavy atom. The van der Waals surface area contributed by atoms with E-state index in [9.17, 15) is 10.1 Å². The van der Waals surface area contributed by atoms with Crippen molar-refractivity contribution in [3.05, 3.63) is 27.8 Å². The standard InChI is InChI=1S/C14H17N3O2S/c1-13(2)12(14(13,3)4)16-8-5-6-9-10(15-7-20-9)11(8)17(18)19/h5-7,12,16H,1-4H3. The first-order valence-corrected chi connectivity index (χ1v) is 7.42. The molecule has 1 N–H and O–H groups in total. The summed E-state index contributed by atoms with van der Waals surface area (Å²) in [5.41, 5.74) is 3.02. The van der Waals surface area contributed by atoms with Gasteiger partial charge in [-0.05, 0) is 23.0 Å². The van der Waals surface area contributed by atoms with E-state index in [0.29, 0.717) is 11.2 Å². The summed E-state index contributed by atoms with van der Waals surface area (Å²) < 4.78 is 0.844. The predicted molar refractivity (Wildman–Crippen MR) is 81.2 cm³/mol. The van der Waals surface area contributed by atoms with Crippen LogP contribution in [0.5, 0.6) is 0 Å². The number of nitrogens with zero attached hydrogens (tertiary/aromatic N) is 2. The summed E-state index contributed by atoms with van der Waals surface area (Å²) in [5.74, 6) is 0. The third kappa shape index (κ3) is 1.64. The Morgan fingerprint density at radius 2 is 1.95 bits per heavy atom. The van der Waals surface area contributed by atoms with Crippen LogP contribution in [0.1, 0.15) is 27.7 Å². The van der Waals surface area contributed by atoms with E-state index >= 15 is 0 Å². The summed E-state index contributed by atoms with van der Waals surface area (Å²) >= 11 is 1.42. The molecule has 0 atom stereocenters. The van der Waals surface area contributed by atoms with Gasteiger partial charge in [0.25, 0.3) is 0 Å². The minimum atomic E-state index is -0.341.